The van der Waals surface area contributed by atoms with Gasteiger partial charge in [-0.15, -0.1) is 12.4 Å². The lowest BCUT2D eigenvalue weighted by molar-refractivity contribution is 0.0988. The summed E-state index contributed by atoms with van der Waals surface area (Å²) in [7, 11) is 0. The Kier molecular flexibility index (Phi) is 8.51. The van der Waals surface area contributed by atoms with Crippen molar-refractivity contribution in [2.24, 2.45) is 5.92 Å². The summed E-state index contributed by atoms with van der Waals surface area (Å²) in [6, 6.07) is 7.50. The molecule has 22 heavy (non-hydrogen) atoms. The maximum absolute atomic E-state index is 11.5. The fraction of sp³-hybridized carbons (Fsp3) is 0.611. The molecule has 1 aliphatic rings. The number of nitrogens with zero attached hydrogens (tertiary/aromatic N) is 1. The van der Waals surface area contributed by atoms with Crippen molar-refractivity contribution in [3.8, 4) is 5.75 Å². The number of benzene rings is 1. The van der Waals surface area contributed by atoms with Crippen molar-refractivity contribution in [3.63, 3.8) is 0 Å². The SMILES string of the molecule is CCC(=O)c1ccc(OCCCN2CCC(C)CC2)cc1.Cl. The maximum Gasteiger partial charge on any atom is 0.162 e. The van der Waals surface area contributed by atoms with E-state index in [1.165, 1.54) is 25.9 Å². The van der Waals surface area contributed by atoms with Crippen molar-refractivity contribution < 1.29 is 9.53 Å². The number of likely N-dealkylation sites (tertiary alicyclic amines) is 1. The van der Waals surface area contributed by atoms with Crippen LogP contribution in [-0.2, 0) is 0 Å². The van der Waals surface area contributed by atoms with E-state index in [4.69, 9.17) is 4.74 Å². The molecule has 4 heteroatoms. The molecule has 0 bridgehead atoms. The van der Waals surface area contributed by atoms with Gasteiger partial charge in [-0.1, -0.05) is 13.8 Å². The van der Waals surface area contributed by atoms with E-state index in [2.05, 4.69) is 11.8 Å². The molecule has 0 spiro atoms. The minimum absolute atomic E-state index is 0. The smallest absolute Gasteiger partial charge is 0.162 e. The van der Waals surface area contributed by atoms with E-state index in [-0.39, 0.29) is 18.2 Å². The number of rotatable bonds is 7. The number of Topliss-reactive ketones (excluding diaryl/α,β-unsaturated/α-hetero) is 1. The summed E-state index contributed by atoms with van der Waals surface area (Å²) in [6.45, 7) is 8.55. The summed E-state index contributed by atoms with van der Waals surface area (Å²) in [5.41, 5.74) is 0.771. The second kappa shape index (κ2) is 9.86. The lowest BCUT2D eigenvalue weighted by Gasteiger charge is -2.30. The Hall–Kier alpha value is -1.06. The maximum atomic E-state index is 11.5. The molecule has 3 nitrogen and oxygen atoms in total. The largest absolute Gasteiger partial charge is 0.494 e. The van der Waals surface area contributed by atoms with Crippen LogP contribution in [-0.4, -0.2) is 36.9 Å². The molecule has 0 amide bonds. The highest BCUT2D eigenvalue weighted by atomic mass is 35.5. The molecule has 0 aromatic heterocycles. The van der Waals surface area contributed by atoms with Gasteiger partial charge >= 0.3 is 0 Å². The van der Waals surface area contributed by atoms with Crippen LogP contribution in [0.2, 0.25) is 0 Å². The predicted octanol–water partition coefficient (Wildman–Crippen LogP) is 4.20. The normalized spacial score (nSPS) is 16.1. The first-order valence-corrected chi connectivity index (χ1v) is 8.17. The van der Waals surface area contributed by atoms with Gasteiger partial charge in [-0.05, 0) is 62.5 Å². The van der Waals surface area contributed by atoms with E-state index < -0.39 is 0 Å². The van der Waals surface area contributed by atoms with Gasteiger partial charge in [0, 0.05) is 18.5 Å². The third kappa shape index (κ3) is 5.98. The Labute approximate surface area is 140 Å². The standard InChI is InChI=1S/C18H27NO2.ClH/c1-3-18(20)16-5-7-17(8-6-16)21-14-4-11-19-12-9-15(2)10-13-19;/h5-8,15H,3-4,9-14H2,1-2H3;1H. The summed E-state index contributed by atoms with van der Waals surface area (Å²) in [5.74, 6) is 1.93. The molecule has 1 aromatic rings. The number of hydrogen-bond acceptors (Lipinski definition) is 3. The third-order valence-corrected chi connectivity index (χ3v) is 4.26. The Morgan fingerprint density at radius 1 is 1.23 bits per heavy atom. The number of carbonyl (C=O) groups excluding carboxylic acids is 1. The van der Waals surface area contributed by atoms with Crippen molar-refractivity contribution in [3.05, 3.63) is 29.8 Å². The molecule has 1 aromatic carbocycles. The number of carbonyl (C=O) groups is 1. The third-order valence-electron chi connectivity index (χ3n) is 4.26. The molecule has 0 radical (unpaired) electrons. The predicted molar refractivity (Wildman–Crippen MR) is 93.3 cm³/mol. The zero-order chi connectivity index (χ0) is 15.1. The Morgan fingerprint density at radius 2 is 1.86 bits per heavy atom. The molecule has 1 fully saturated rings. The van der Waals surface area contributed by atoms with Crippen LogP contribution in [0.25, 0.3) is 0 Å². The van der Waals surface area contributed by atoms with Crippen LogP contribution < -0.4 is 4.74 Å². The summed E-state index contributed by atoms with van der Waals surface area (Å²) in [6.07, 6.45) is 4.26. The van der Waals surface area contributed by atoms with E-state index in [9.17, 15) is 4.79 Å². The van der Waals surface area contributed by atoms with Crippen LogP contribution in [0, 0.1) is 5.92 Å². The molecule has 1 heterocycles. The van der Waals surface area contributed by atoms with E-state index in [0.717, 1.165) is 36.8 Å². The summed E-state index contributed by atoms with van der Waals surface area (Å²) >= 11 is 0. The fourth-order valence-corrected chi connectivity index (χ4v) is 2.71. The molecule has 0 unspecified atom stereocenters. The number of hydrogen-bond donors (Lipinski definition) is 0. The van der Waals surface area contributed by atoms with E-state index >= 15 is 0 Å². The Balaban J connectivity index is 0.00000242. The average Bonchev–Trinajstić information content (AvgIpc) is 2.53. The average molecular weight is 326 g/mol. The summed E-state index contributed by atoms with van der Waals surface area (Å²) in [4.78, 5) is 14.1. The van der Waals surface area contributed by atoms with Crippen molar-refractivity contribution in [1.82, 2.24) is 4.90 Å². The van der Waals surface area contributed by atoms with Crippen molar-refractivity contribution in [2.75, 3.05) is 26.2 Å². The van der Waals surface area contributed by atoms with Gasteiger partial charge in [-0.3, -0.25) is 4.79 Å². The number of ketones is 1. The van der Waals surface area contributed by atoms with Crippen LogP contribution in [0.4, 0.5) is 0 Å². The minimum atomic E-state index is 0. The van der Waals surface area contributed by atoms with E-state index in [0.29, 0.717) is 6.42 Å². The summed E-state index contributed by atoms with van der Waals surface area (Å²) < 4.78 is 5.75. The molecule has 2 rings (SSSR count). The summed E-state index contributed by atoms with van der Waals surface area (Å²) in [5, 5.41) is 0. The number of halogens is 1. The monoisotopic (exact) mass is 325 g/mol. The molecule has 0 saturated carbocycles. The van der Waals surface area contributed by atoms with Crippen LogP contribution in [0.1, 0.15) is 49.9 Å². The molecule has 1 saturated heterocycles. The molecule has 124 valence electrons. The van der Waals surface area contributed by atoms with E-state index in [1.807, 2.05) is 31.2 Å². The van der Waals surface area contributed by atoms with Gasteiger partial charge in [-0.25, -0.2) is 0 Å². The fourth-order valence-electron chi connectivity index (χ4n) is 2.71. The van der Waals surface area contributed by atoms with Crippen molar-refractivity contribution in [1.29, 1.82) is 0 Å². The van der Waals surface area contributed by atoms with Gasteiger partial charge in [0.05, 0.1) is 6.61 Å². The first-order valence-electron chi connectivity index (χ1n) is 8.17. The molecular formula is C18H28ClNO2. The van der Waals surface area contributed by atoms with Gasteiger partial charge in [0.2, 0.25) is 0 Å². The highest BCUT2D eigenvalue weighted by molar-refractivity contribution is 5.95. The number of piperidine rings is 1. The second-order valence-electron chi connectivity index (χ2n) is 6.03. The zero-order valence-corrected chi connectivity index (χ0v) is 14.5. The van der Waals surface area contributed by atoms with Gasteiger partial charge in [0.25, 0.3) is 0 Å². The second-order valence-corrected chi connectivity index (χ2v) is 6.03. The molecule has 1 aliphatic heterocycles. The van der Waals surface area contributed by atoms with Gasteiger partial charge in [0.15, 0.2) is 5.78 Å². The van der Waals surface area contributed by atoms with Gasteiger partial charge in [0.1, 0.15) is 5.75 Å². The Morgan fingerprint density at radius 3 is 2.45 bits per heavy atom. The van der Waals surface area contributed by atoms with Crippen LogP contribution in [0.3, 0.4) is 0 Å². The van der Waals surface area contributed by atoms with Crippen LogP contribution in [0.5, 0.6) is 5.75 Å². The molecule has 0 N–H and O–H groups in total. The molecule has 0 aliphatic carbocycles. The number of ether oxygens (including phenoxy) is 1. The van der Waals surface area contributed by atoms with E-state index in [1.54, 1.807) is 0 Å². The molecular weight excluding hydrogens is 298 g/mol. The topological polar surface area (TPSA) is 29.5 Å². The van der Waals surface area contributed by atoms with Gasteiger partial charge < -0.3 is 9.64 Å². The first kappa shape index (κ1) is 19.0. The quantitative estimate of drug-likeness (QED) is 0.556. The van der Waals surface area contributed by atoms with Crippen LogP contribution in [0.15, 0.2) is 24.3 Å². The zero-order valence-electron chi connectivity index (χ0n) is 13.7. The highest BCUT2D eigenvalue weighted by Crippen LogP contribution is 2.16. The first-order chi connectivity index (χ1) is 10.2. The van der Waals surface area contributed by atoms with Crippen molar-refractivity contribution >= 4 is 18.2 Å². The van der Waals surface area contributed by atoms with Crippen LogP contribution >= 0.6 is 12.4 Å². The Bertz CT molecular complexity index is 439. The van der Waals surface area contributed by atoms with Crippen molar-refractivity contribution in [2.45, 2.75) is 39.5 Å². The molecule has 0 atom stereocenters. The van der Waals surface area contributed by atoms with Gasteiger partial charge in [-0.2, -0.15) is 0 Å². The minimum Gasteiger partial charge on any atom is -0.494 e. The lowest BCUT2D eigenvalue weighted by atomic mass is 9.99. The highest BCUT2D eigenvalue weighted by Gasteiger charge is 2.14. The lowest BCUT2D eigenvalue weighted by Crippen LogP contribution is -2.34.